The molecule has 0 aromatic carbocycles. The predicted octanol–water partition coefficient (Wildman–Crippen LogP) is 2.08. The number of hydrogen-bond acceptors (Lipinski definition) is 3. The van der Waals surface area contributed by atoms with Gasteiger partial charge in [0.15, 0.2) is 0 Å². The Bertz CT molecular complexity index is 432. The van der Waals surface area contributed by atoms with Gasteiger partial charge in [-0.2, -0.15) is 0 Å². The van der Waals surface area contributed by atoms with Crippen molar-refractivity contribution in [3.63, 3.8) is 0 Å². The van der Waals surface area contributed by atoms with Gasteiger partial charge in [0.25, 0.3) is 0 Å². The lowest BCUT2D eigenvalue weighted by molar-refractivity contribution is -0.163. The minimum Gasteiger partial charge on any atom is -0.481 e. The number of carboxylic acids is 3. The fourth-order valence-electron chi connectivity index (χ4n) is 4.27. The first-order valence-corrected chi connectivity index (χ1v) is 7.62. The number of carboxylic acid groups (broad SMARTS) is 3. The monoisotopic (exact) mass is 298 g/mol. The Balaban J connectivity index is 2.42. The quantitative estimate of drug-likeness (QED) is 0.735. The lowest BCUT2D eigenvalue weighted by atomic mass is 9.72. The van der Waals surface area contributed by atoms with Crippen LogP contribution in [0.4, 0.5) is 0 Å². The zero-order chi connectivity index (χ0) is 15.6. The van der Waals surface area contributed by atoms with E-state index in [-0.39, 0.29) is 18.3 Å². The highest BCUT2D eigenvalue weighted by atomic mass is 16.4. The fourth-order valence-corrected chi connectivity index (χ4v) is 4.27. The summed E-state index contributed by atoms with van der Waals surface area (Å²) in [5.74, 6) is -7.23. The molecule has 0 bridgehead atoms. The van der Waals surface area contributed by atoms with Crippen molar-refractivity contribution >= 4 is 17.9 Å². The van der Waals surface area contributed by atoms with Gasteiger partial charge in [-0.1, -0.05) is 25.7 Å². The molecule has 118 valence electrons. The summed E-state index contributed by atoms with van der Waals surface area (Å²) in [6.45, 7) is 0. The molecule has 21 heavy (non-hydrogen) atoms. The van der Waals surface area contributed by atoms with Crippen molar-refractivity contribution in [3.05, 3.63) is 0 Å². The number of rotatable bonds is 3. The molecule has 0 amide bonds. The molecule has 0 radical (unpaired) electrons. The van der Waals surface area contributed by atoms with Crippen molar-refractivity contribution in [2.24, 2.45) is 29.6 Å². The zero-order valence-corrected chi connectivity index (χ0v) is 11.9. The fraction of sp³-hybridized carbons (Fsp3) is 0.800. The smallest absolute Gasteiger partial charge is 0.308 e. The maximum Gasteiger partial charge on any atom is 0.308 e. The molecule has 5 atom stereocenters. The SMILES string of the molecule is O=C(O)C1CCC2CCCCCC2C(C(=O)O)C1C(=O)O. The Hall–Kier alpha value is -1.59. The van der Waals surface area contributed by atoms with Gasteiger partial charge in [0.2, 0.25) is 0 Å². The van der Waals surface area contributed by atoms with E-state index >= 15 is 0 Å². The third-order valence-electron chi connectivity index (χ3n) is 5.24. The van der Waals surface area contributed by atoms with Gasteiger partial charge in [0.05, 0.1) is 17.8 Å². The summed E-state index contributed by atoms with van der Waals surface area (Å²) in [5, 5.41) is 28.3. The molecule has 0 aromatic heterocycles. The summed E-state index contributed by atoms with van der Waals surface area (Å²) in [6.07, 6.45) is 5.41. The number of aliphatic carboxylic acids is 3. The highest BCUT2D eigenvalue weighted by molar-refractivity contribution is 5.85. The standard InChI is InChI=1S/C15H22O6/c16-13(17)10-7-6-8-4-2-1-3-5-9(8)11(14(18)19)12(10)15(20)21/h8-12H,1-7H2,(H,16,17)(H,18,19)(H,20,21). The van der Waals surface area contributed by atoms with E-state index in [1.165, 1.54) is 0 Å². The second-order valence-electron chi connectivity index (χ2n) is 6.31. The van der Waals surface area contributed by atoms with E-state index in [1.54, 1.807) is 0 Å². The predicted molar refractivity (Wildman–Crippen MR) is 72.7 cm³/mol. The molecule has 2 fully saturated rings. The van der Waals surface area contributed by atoms with Crippen LogP contribution in [0.1, 0.15) is 44.9 Å². The van der Waals surface area contributed by atoms with Gasteiger partial charge in [-0.3, -0.25) is 14.4 Å². The molecule has 6 nitrogen and oxygen atoms in total. The molecule has 2 aliphatic rings. The van der Waals surface area contributed by atoms with E-state index in [0.717, 1.165) is 25.7 Å². The largest absolute Gasteiger partial charge is 0.481 e. The van der Waals surface area contributed by atoms with Crippen LogP contribution in [0, 0.1) is 29.6 Å². The van der Waals surface area contributed by atoms with Crippen molar-refractivity contribution < 1.29 is 29.7 Å². The summed E-state index contributed by atoms with van der Waals surface area (Å²) >= 11 is 0. The van der Waals surface area contributed by atoms with E-state index < -0.39 is 35.7 Å². The summed E-state index contributed by atoms with van der Waals surface area (Å²) in [6, 6.07) is 0. The molecule has 6 heteroatoms. The molecular formula is C15H22O6. The summed E-state index contributed by atoms with van der Waals surface area (Å²) in [5.41, 5.74) is 0. The average Bonchev–Trinajstić information content (AvgIpc) is 2.69. The Morgan fingerprint density at radius 3 is 1.86 bits per heavy atom. The van der Waals surface area contributed by atoms with Gasteiger partial charge in [-0.15, -0.1) is 0 Å². The minimum absolute atomic E-state index is 0.139. The summed E-state index contributed by atoms with van der Waals surface area (Å²) < 4.78 is 0. The van der Waals surface area contributed by atoms with Crippen LogP contribution >= 0.6 is 0 Å². The number of fused-ring (bicyclic) bond motifs is 1. The minimum atomic E-state index is -1.33. The Morgan fingerprint density at radius 2 is 1.29 bits per heavy atom. The van der Waals surface area contributed by atoms with Gasteiger partial charge >= 0.3 is 17.9 Å². The second-order valence-corrected chi connectivity index (χ2v) is 6.31. The topological polar surface area (TPSA) is 112 Å². The molecule has 3 N–H and O–H groups in total. The van der Waals surface area contributed by atoms with E-state index in [2.05, 4.69) is 0 Å². The first-order valence-electron chi connectivity index (χ1n) is 7.62. The molecule has 0 aliphatic heterocycles. The lowest BCUT2D eigenvalue weighted by Crippen LogP contribution is -2.41. The van der Waals surface area contributed by atoms with Crippen molar-refractivity contribution in [3.8, 4) is 0 Å². The summed E-state index contributed by atoms with van der Waals surface area (Å²) in [4.78, 5) is 34.7. The zero-order valence-electron chi connectivity index (χ0n) is 11.9. The van der Waals surface area contributed by atoms with Gasteiger partial charge in [-0.25, -0.2) is 0 Å². The van der Waals surface area contributed by atoms with E-state index in [9.17, 15) is 29.7 Å². The van der Waals surface area contributed by atoms with E-state index in [0.29, 0.717) is 12.8 Å². The third-order valence-corrected chi connectivity index (χ3v) is 5.24. The average molecular weight is 298 g/mol. The van der Waals surface area contributed by atoms with Crippen LogP contribution in [0.5, 0.6) is 0 Å². The Labute approximate surface area is 123 Å². The van der Waals surface area contributed by atoms with Crippen molar-refractivity contribution in [2.75, 3.05) is 0 Å². The maximum absolute atomic E-state index is 11.7. The molecule has 2 rings (SSSR count). The van der Waals surface area contributed by atoms with Gasteiger partial charge < -0.3 is 15.3 Å². The van der Waals surface area contributed by atoms with Crippen molar-refractivity contribution in [2.45, 2.75) is 44.9 Å². The molecule has 0 aromatic rings. The van der Waals surface area contributed by atoms with E-state index in [1.807, 2.05) is 0 Å². The number of carbonyl (C=O) groups is 3. The van der Waals surface area contributed by atoms with Crippen LogP contribution in [0.3, 0.4) is 0 Å². The normalized spacial score (nSPS) is 36.9. The van der Waals surface area contributed by atoms with Crippen molar-refractivity contribution in [1.82, 2.24) is 0 Å². The first kappa shape index (κ1) is 15.8. The van der Waals surface area contributed by atoms with E-state index in [4.69, 9.17) is 0 Å². The van der Waals surface area contributed by atoms with Gasteiger partial charge in [0, 0.05) is 0 Å². The van der Waals surface area contributed by atoms with Crippen LogP contribution in [-0.2, 0) is 14.4 Å². The van der Waals surface area contributed by atoms with Crippen LogP contribution < -0.4 is 0 Å². The molecule has 2 saturated carbocycles. The van der Waals surface area contributed by atoms with Gasteiger partial charge in [-0.05, 0) is 31.1 Å². The second kappa shape index (κ2) is 6.45. The lowest BCUT2D eigenvalue weighted by Gasteiger charge is -2.31. The van der Waals surface area contributed by atoms with Gasteiger partial charge in [0.1, 0.15) is 0 Å². The third kappa shape index (κ3) is 3.19. The molecular weight excluding hydrogens is 276 g/mol. The first-order chi connectivity index (χ1) is 9.93. The van der Waals surface area contributed by atoms with Crippen LogP contribution in [-0.4, -0.2) is 33.2 Å². The molecule has 2 aliphatic carbocycles. The highest BCUT2D eigenvalue weighted by Gasteiger charge is 2.50. The van der Waals surface area contributed by atoms with Crippen LogP contribution in [0.2, 0.25) is 0 Å². The molecule has 0 saturated heterocycles. The van der Waals surface area contributed by atoms with Crippen LogP contribution in [0.25, 0.3) is 0 Å². The molecule has 0 spiro atoms. The van der Waals surface area contributed by atoms with Crippen LogP contribution in [0.15, 0.2) is 0 Å². The Morgan fingerprint density at radius 1 is 0.667 bits per heavy atom. The summed E-state index contributed by atoms with van der Waals surface area (Å²) in [7, 11) is 0. The maximum atomic E-state index is 11.7. The molecule has 0 heterocycles. The molecule has 5 unspecified atom stereocenters. The highest BCUT2D eigenvalue weighted by Crippen LogP contribution is 2.46. The Kier molecular flexibility index (Phi) is 4.85. The number of hydrogen-bond donors (Lipinski definition) is 3. The van der Waals surface area contributed by atoms with Crippen molar-refractivity contribution in [1.29, 1.82) is 0 Å².